The summed E-state index contributed by atoms with van der Waals surface area (Å²) >= 11 is 0. The molecule has 0 aliphatic rings. The van der Waals surface area contributed by atoms with E-state index >= 15 is 0 Å². The molecule has 1 N–H and O–H groups in total. The van der Waals surface area contributed by atoms with E-state index in [-0.39, 0.29) is 12.4 Å². The largest absolute Gasteiger partial charge is 0.480 e. The van der Waals surface area contributed by atoms with E-state index < -0.39 is 5.97 Å². The first kappa shape index (κ1) is 13.3. The summed E-state index contributed by atoms with van der Waals surface area (Å²) in [5.74, 6) is -1.23. The number of carboxylic acids is 1. The Balaban J connectivity index is 2.42. The summed E-state index contributed by atoms with van der Waals surface area (Å²) in [6.45, 7) is 3.44. The fraction of sp³-hybridized carbons (Fsp3) is 0.286. The van der Waals surface area contributed by atoms with Gasteiger partial charge >= 0.3 is 5.97 Å². The van der Waals surface area contributed by atoms with Crippen molar-refractivity contribution in [2.45, 2.75) is 26.8 Å². The molecule has 0 amide bonds. The van der Waals surface area contributed by atoms with Crippen LogP contribution in [0.25, 0.3) is 11.3 Å². The van der Waals surface area contributed by atoms with Crippen molar-refractivity contribution in [2.75, 3.05) is 0 Å². The summed E-state index contributed by atoms with van der Waals surface area (Å²) in [7, 11) is 0. The molecule has 0 saturated carbocycles. The molecule has 4 nitrogen and oxygen atoms in total. The second kappa shape index (κ2) is 5.22. The van der Waals surface area contributed by atoms with Gasteiger partial charge in [-0.15, -0.1) is 0 Å². The van der Waals surface area contributed by atoms with Crippen LogP contribution in [0.5, 0.6) is 0 Å². The third-order valence-corrected chi connectivity index (χ3v) is 2.98. The van der Waals surface area contributed by atoms with Gasteiger partial charge in [-0.05, 0) is 31.0 Å². The van der Waals surface area contributed by atoms with Crippen LogP contribution in [0.15, 0.2) is 24.3 Å². The summed E-state index contributed by atoms with van der Waals surface area (Å²) < 4.78 is 15.0. The molecule has 1 heterocycles. The topological polar surface area (TPSA) is 55.1 Å². The normalized spacial score (nSPS) is 10.7. The van der Waals surface area contributed by atoms with Gasteiger partial charge in [-0.3, -0.25) is 9.48 Å². The molecule has 0 spiro atoms. The number of hydrogen-bond donors (Lipinski definition) is 1. The molecule has 0 fully saturated rings. The SMILES string of the molecule is CCc1cc(-c2ccc(C)c(F)c2)nn1CC(=O)O. The zero-order chi connectivity index (χ0) is 14.0. The fourth-order valence-corrected chi connectivity index (χ4v) is 1.90. The third kappa shape index (κ3) is 2.81. The number of aliphatic carboxylic acids is 1. The maximum Gasteiger partial charge on any atom is 0.325 e. The molecular formula is C14H15FN2O2. The molecule has 0 radical (unpaired) electrons. The van der Waals surface area contributed by atoms with E-state index in [0.717, 1.165) is 5.69 Å². The maximum absolute atomic E-state index is 13.5. The van der Waals surface area contributed by atoms with Gasteiger partial charge < -0.3 is 5.11 Å². The zero-order valence-corrected chi connectivity index (χ0v) is 10.9. The van der Waals surface area contributed by atoms with Crippen molar-refractivity contribution < 1.29 is 14.3 Å². The Morgan fingerprint density at radius 3 is 2.74 bits per heavy atom. The standard InChI is InChI=1S/C14H15FN2O2/c1-3-11-7-13(16-17(11)8-14(18)19)10-5-4-9(2)12(15)6-10/h4-7H,3,8H2,1-2H3,(H,18,19). The molecule has 0 aliphatic carbocycles. The first-order valence-corrected chi connectivity index (χ1v) is 6.06. The van der Waals surface area contributed by atoms with Crippen LogP contribution in [0.3, 0.4) is 0 Å². The maximum atomic E-state index is 13.5. The Morgan fingerprint density at radius 1 is 1.42 bits per heavy atom. The van der Waals surface area contributed by atoms with E-state index in [0.29, 0.717) is 23.2 Å². The van der Waals surface area contributed by atoms with Crippen LogP contribution in [0.2, 0.25) is 0 Å². The van der Waals surface area contributed by atoms with Crippen LogP contribution in [0.1, 0.15) is 18.2 Å². The second-order valence-electron chi connectivity index (χ2n) is 4.39. The minimum Gasteiger partial charge on any atom is -0.480 e. The monoisotopic (exact) mass is 262 g/mol. The van der Waals surface area contributed by atoms with Crippen LogP contribution < -0.4 is 0 Å². The van der Waals surface area contributed by atoms with Crippen molar-refractivity contribution in [1.29, 1.82) is 0 Å². The van der Waals surface area contributed by atoms with Crippen molar-refractivity contribution in [3.63, 3.8) is 0 Å². The van der Waals surface area contributed by atoms with Gasteiger partial charge in [0.1, 0.15) is 12.4 Å². The second-order valence-corrected chi connectivity index (χ2v) is 4.39. The summed E-state index contributed by atoms with van der Waals surface area (Å²) in [6, 6.07) is 6.69. The highest BCUT2D eigenvalue weighted by Crippen LogP contribution is 2.22. The van der Waals surface area contributed by atoms with Crippen LogP contribution in [-0.4, -0.2) is 20.9 Å². The molecule has 1 aromatic carbocycles. The molecule has 0 atom stereocenters. The van der Waals surface area contributed by atoms with Gasteiger partial charge in [-0.2, -0.15) is 5.10 Å². The van der Waals surface area contributed by atoms with Gasteiger partial charge in [0.25, 0.3) is 0 Å². The molecule has 0 saturated heterocycles. The summed E-state index contributed by atoms with van der Waals surface area (Å²) in [4.78, 5) is 10.8. The van der Waals surface area contributed by atoms with E-state index in [1.165, 1.54) is 10.7 Å². The summed E-state index contributed by atoms with van der Waals surface area (Å²) in [6.07, 6.45) is 0.675. The molecular weight excluding hydrogens is 247 g/mol. The highest BCUT2D eigenvalue weighted by Gasteiger charge is 2.11. The third-order valence-electron chi connectivity index (χ3n) is 2.98. The van der Waals surface area contributed by atoms with E-state index in [1.807, 2.05) is 6.92 Å². The van der Waals surface area contributed by atoms with Gasteiger partial charge in [0, 0.05) is 11.3 Å². The van der Waals surface area contributed by atoms with Crippen LogP contribution in [0, 0.1) is 12.7 Å². The molecule has 5 heteroatoms. The van der Waals surface area contributed by atoms with Crippen molar-refractivity contribution in [3.05, 3.63) is 41.3 Å². The highest BCUT2D eigenvalue weighted by molar-refractivity contribution is 5.67. The van der Waals surface area contributed by atoms with Gasteiger partial charge in [0.2, 0.25) is 0 Å². The van der Waals surface area contributed by atoms with Gasteiger partial charge in [0.15, 0.2) is 0 Å². The van der Waals surface area contributed by atoms with Crippen LogP contribution in [-0.2, 0) is 17.8 Å². The summed E-state index contributed by atoms with van der Waals surface area (Å²) in [5, 5.41) is 13.1. The number of aromatic nitrogens is 2. The number of benzene rings is 1. The first-order chi connectivity index (χ1) is 9.01. The van der Waals surface area contributed by atoms with E-state index in [9.17, 15) is 9.18 Å². The molecule has 100 valence electrons. The Hall–Kier alpha value is -2.17. The van der Waals surface area contributed by atoms with Crippen LogP contribution in [0.4, 0.5) is 4.39 Å². The van der Waals surface area contributed by atoms with E-state index in [2.05, 4.69) is 5.10 Å². The quantitative estimate of drug-likeness (QED) is 0.921. The molecule has 0 bridgehead atoms. The fourth-order valence-electron chi connectivity index (χ4n) is 1.90. The lowest BCUT2D eigenvalue weighted by Gasteiger charge is -2.01. The van der Waals surface area contributed by atoms with Crippen molar-refractivity contribution >= 4 is 5.97 Å². The minimum atomic E-state index is -0.945. The molecule has 1 aromatic heterocycles. The lowest BCUT2D eigenvalue weighted by atomic mass is 10.1. The number of halogens is 1. The molecule has 0 unspecified atom stereocenters. The molecule has 19 heavy (non-hydrogen) atoms. The number of hydrogen-bond acceptors (Lipinski definition) is 2. The number of nitrogens with zero attached hydrogens (tertiary/aromatic N) is 2. The van der Waals surface area contributed by atoms with Crippen molar-refractivity contribution in [2.24, 2.45) is 0 Å². The van der Waals surface area contributed by atoms with E-state index in [1.54, 1.807) is 25.1 Å². The first-order valence-electron chi connectivity index (χ1n) is 6.06. The van der Waals surface area contributed by atoms with Gasteiger partial charge in [-0.1, -0.05) is 19.1 Å². The molecule has 2 rings (SSSR count). The zero-order valence-electron chi connectivity index (χ0n) is 10.9. The molecule has 0 aliphatic heterocycles. The Morgan fingerprint density at radius 2 is 2.16 bits per heavy atom. The number of carboxylic acid groups (broad SMARTS) is 1. The predicted molar refractivity (Wildman–Crippen MR) is 69.4 cm³/mol. The molecule has 2 aromatic rings. The van der Waals surface area contributed by atoms with Gasteiger partial charge in [-0.25, -0.2) is 4.39 Å². The average molecular weight is 262 g/mol. The number of rotatable bonds is 4. The minimum absolute atomic E-state index is 0.183. The van der Waals surface area contributed by atoms with Crippen molar-refractivity contribution in [1.82, 2.24) is 9.78 Å². The lowest BCUT2D eigenvalue weighted by molar-refractivity contribution is -0.137. The van der Waals surface area contributed by atoms with E-state index in [4.69, 9.17) is 5.11 Å². The lowest BCUT2D eigenvalue weighted by Crippen LogP contribution is -2.12. The number of carbonyl (C=O) groups is 1. The highest BCUT2D eigenvalue weighted by atomic mass is 19.1. The van der Waals surface area contributed by atoms with Gasteiger partial charge in [0.05, 0.1) is 5.69 Å². The summed E-state index contributed by atoms with van der Waals surface area (Å²) in [5.41, 5.74) is 2.64. The Kier molecular flexibility index (Phi) is 3.64. The number of aryl methyl sites for hydroxylation is 2. The van der Waals surface area contributed by atoms with Crippen LogP contribution >= 0.6 is 0 Å². The smallest absolute Gasteiger partial charge is 0.325 e. The Bertz CT molecular complexity index is 620. The Labute approximate surface area is 110 Å². The average Bonchev–Trinajstić information content (AvgIpc) is 2.75. The van der Waals surface area contributed by atoms with Crippen molar-refractivity contribution in [3.8, 4) is 11.3 Å². The predicted octanol–water partition coefficient (Wildman–Crippen LogP) is 2.64.